The predicted molar refractivity (Wildman–Crippen MR) is 70.0 cm³/mol. The molecule has 1 unspecified atom stereocenters. The molecule has 0 aliphatic carbocycles. The van der Waals surface area contributed by atoms with Gasteiger partial charge in [-0.25, -0.2) is 0 Å². The van der Waals surface area contributed by atoms with Crippen LogP contribution in [0.4, 0.5) is 0 Å². The number of amides is 1. The molecule has 1 amide bonds. The van der Waals surface area contributed by atoms with Gasteiger partial charge in [-0.15, -0.1) is 0 Å². The molecule has 6 heteroatoms. The van der Waals surface area contributed by atoms with Crippen LogP contribution in [-0.4, -0.2) is 23.0 Å². The van der Waals surface area contributed by atoms with Gasteiger partial charge in [0.25, 0.3) is 0 Å². The summed E-state index contributed by atoms with van der Waals surface area (Å²) < 4.78 is 0. The van der Waals surface area contributed by atoms with Gasteiger partial charge < -0.3 is 10.4 Å². The number of carbonyl (C=O) groups excluding carboxylic acids is 1. The molecule has 0 fully saturated rings. The number of carbonyl (C=O) groups is 2. The molecule has 0 spiro atoms. The first-order valence-electron chi connectivity index (χ1n) is 5.33. The zero-order valence-corrected chi connectivity index (χ0v) is 11.3. The normalized spacial score (nSPS) is 11.9. The van der Waals surface area contributed by atoms with E-state index in [2.05, 4.69) is 5.32 Å². The van der Waals surface area contributed by atoms with Gasteiger partial charge in [0.2, 0.25) is 5.91 Å². The fourth-order valence-corrected chi connectivity index (χ4v) is 1.79. The van der Waals surface area contributed by atoms with Gasteiger partial charge in [-0.2, -0.15) is 0 Å². The van der Waals surface area contributed by atoms with E-state index < -0.39 is 12.0 Å². The average Bonchev–Trinajstić information content (AvgIpc) is 2.21. The van der Waals surface area contributed by atoms with Crippen molar-refractivity contribution in [2.45, 2.75) is 25.8 Å². The standard InChI is InChI=1S/C12H13Cl2NO3/c1-7(4-12(17)18)15-11(16)6-8-2-3-9(13)10(14)5-8/h2-3,5,7H,4,6H2,1H3,(H,15,16)(H,17,18). The lowest BCUT2D eigenvalue weighted by atomic mass is 10.1. The number of carboxylic acid groups (broad SMARTS) is 1. The molecule has 0 radical (unpaired) electrons. The topological polar surface area (TPSA) is 66.4 Å². The molecule has 4 nitrogen and oxygen atoms in total. The Morgan fingerprint density at radius 2 is 2.00 bits per heavy atom. The SMILES string of the molecule is CC(CC(=O)O)NC(=O)Cc1ccc(Cl)c(Cl)c1. The first-order valence-corrected chi connectivity index (χ1v) is 6.09. The number of nitrogens with one attached hydrogen (secondary N) is 1. The Balaban J connectivity index is 2.54. The van der Waals surface area contributed by atoms with Crippen LogP contribution in [0, 0.1) is 0 Å². The van der Waals surface area contributed by atoms with Gasteiger partial charge in [0.1, 0.15) is 0 Å². The summed E-state index contributed by atoms with van der Waals surface area (Å²) in [7, 11) is 0. The minimum atomic E-state index is -0.947. The van der Waals surface area contributed by atoms with Crippen molar-refractivity contribution >= 4 is 35.1 Å². The van der Waals surface area contributed by atoms with Gasteiger partial charge in [-0.05, 0) is 24.6 Å². The first-order chi connectivity index (χ1) is 8.38. The quantitative estimate of drug-likeness (QED) is 0.875. The van der Waals surface area contributed by atoms with E-state index in [1.54, 1.807) is 25.1 Å². The molecule has 0 bridgehead atoms. The van der Waals surface area contributed by atoms with E-state index in [1.165, 1.54) is 0 Å². The fourth-order valence-electron chi connectivity index (χ4n) is 1.47. The van der Waals surface area contributed by atoms with Gasteiger partial charge in [-0.1, -0.05) is 29.3 Å². The maximum absolute atomic E-state index is 11.6. The lowest BCUT2D eigenvalue weighted by Gasteiger charge is -2.11. The molecule has 1 aromatic carbocycles. The van der Waals surface area contributed by atoms with Crippen LogP contribution in [0.25, 0.3) is 0 Å². The average molecular weight is 290 g/mol. The molecule has 18 heavy (non-hydrogen) atoms. The van der Waals surface area contributed by atoms with Gasteiger partial charge in [0.15, 0.2) is 0 Å². The number of carboxylic acids is 1. The van der Waals surface area contributed by atoms with Crippen molar-refractivity contribution in [1.82, 2.24) is 5.32 Å². The van der Waals surface area contributed by atoms with E-state index >= 15 is 0 Å². The molecule has 0 saturated heterocycles. The summed E-state index contributed by atoms with van der Waals surface area (Å²) in [5.74, 6) is -1.19. The number of halogens is 2. The van der Waals surface area contributed by atoms with E-state index in [-0.39, 0.29) is 18.7 Å². The van der Waals surface area contributed by atoms with Crippen molar-refractivity contribution in [1.29, 1.82) is 0 Å². The van der Waals surface area contributed by atoms with Crippen molar-refractivity contribution in [2.24, 2.45) is 0 Å². The molecule has 1 aromatic rings. The third-order valence-electron chi connectivity index (χ3n) is 2.24. The van der Waals surface area contributed by atoms with Crippen LogP contribution in [0.2, 0.25) is 10.0 Å². The maximum Gasteiger partial charge on any atom is 0.305 e. The summed E-state index contributed by atoms with van der Waals surface area (Å²) in [6, 6.07) is 4.53. The highest BCUT2D eigenvalue weighted by atomic mass is 35.5. The summed E-state index contributed by atoms with van der Waals surface area (Å²) in [6.45, 7) is 1.64. The second-order valence-electron chi connectivity index (χ2n) is 3.99. The van der Waals surface area contributed by atoms with E-state index in [4.69, 9.17) is 28.3 Å². The van der Waals surface area contributed by atoms with E-state index in [0.717, 1.165) is 5.56 Å². The van der Waals surface area contributed by atoms with E-state index in [9.17, 15) is 9.59 Å². The molecule has 0 aliphatic rings. The Labute approximate surface area is 115 Å². The molecule has 0 aliphatic heterocycles. The summed E-state index contributed by atoms with van der Waals surface area (Å²) in [4.78, 5) is 22.1. The van der Waals surface area contributed by atoms with Crippen molar-refractivity contribution in [3.8, 4) is 0 Å². The zero-order chi connectivity index (χ0) is 13.7. The third kappa shape index (κ3) is 4.94. The molecule has 1 atom stereocenters. The van der Waals surface area contributed by atoms with Crippen LogP contribution in [0.15, 0.2) is 18.2 Å². The maximum atomic E-state index is 11.6. The minimum absolute atomic E-state index is 0.104. The highest BCUT2D eigenvalue weighted by Crippen LogP contribution is 2.22. The predicted octanol–water partition coefficient (Wildman–Crippen LogP) is 2.52. The van der Waals surface area contributed by atoms with Gasteiger partial charge in [-0.3, -0.25) is 9.59 Å². The van der Waals surface area contributed by atoms with Gasteiger partial charge in [0, 0.05) is 6.04 Å². The van der Waals surface area contributed by atoms with Crippen molar-refractivity contribution in [3.05, 3.63) is 33.8 Å². The second kappa shape index (κ2) is 6.61. The molecule has 0 saturated carbocycles. The zero-order valence-electron chi connectivity index (χ0n) is 9.74. The second-order valence-corrected chi connectivity index (χ2v) is 4.81. The van der Waals surface area contributed by atoms with Crippen molar-refractivity contribution in [2.75, 3.05) is 0 Å². The molecule has 2 N–H and O–H groups in total. The van der Waals surface area contributed by atoms with Crippen LogP contribution in [-0.2, 0) is 16.0 Å². The number of hydrogen-bond acceptors (Lipinski definition) is 2. The molecule has 1 rings (SSSR count). The van der Waals surface area contributed by atoms with Crippen molar-refractivity contribution < 1.29 is 14.7 Å². The first kappa shape index (κ1) is 14.8. The highest BCUT2D eigenvalue weighted by molar-refractivity contribution is 6.42. The largest absolute Gasteiger partial charge is 0.481 e. The highest BCUT2D eigenvalue weighted by Gasteiger charge is 2.11. The molecular weight excluding hydrogens is 277 g/mol. The van der Waals surface area contributed by atoms with Crippen LogP contribution in [0.3, 0.4) is 0 Å². The smallest absolute Gasteiger partial charge is 0.305 e. The molecular formula is C12H13Cl2NO3. The van der Waals surface area contributed by atoms with Crippen LogP contribution in [0.1, 0.15) is 18.9 Å². The summed E-state index contributed by atoms with van der Waals surface area (Å²) in [5, 5.41) is 12.0. The Morgan fingerprint density at radius 1 is 1.33 bits per heavy atom. The molecule has 98 valence electrons. The molecule has 0 aromatic heterocycles. The number of hydrogen-bond donors (Lipinski definition) is 2. The molecule has 0 heterocycles. The Kier molecular flexibility index (Phi) is 5.44. The van der Waals surface area contributed by atoms with E-state index in [0.29, 0.717) is 10.0 Å². The lowest BCUT2D eigenvalue weighted by molar-refractivity contribution is -0.137. The van der Waals surface area contributed by atoms with E-state index in [1.807, 2.05) is 0 Å². The van der Waals surface area contributed by atoms with Gasteiger partial charge >= 0.3 is 5.97 Å². The lowest BCUT2D eigenvalue weighted by Crippen LogP contribution is -2.35. The van der Waals surface area contributed by atoms with Crippen LogP contribution in [0.5, 0.6) is 0 Å². The van der Waals surface area contributed by atoms with Crippen LogP contribution >= 0.6 is 23.2 Å². The summed E-state index contributed by atoms with van der Waals surface area (Å²) in [5.41, 5.74) is 0.726. The number of rotatable bonds is 5. The number of aliphatic carboxylic acids is 1. The van der Waals surface area contributed by atoms with Gasteiger partial charge in [0.05, 0.1) is 22.9 Å². The Morgan fingerprint density at radius 3 is 2.56 bits per heavy atom. The number of benzene rings is 1. The fraction of sp³-hybridized carbons (Fsp3) is 0.333. The Hall–Kier alpha value is -1.26. The monoisotopic (exact) mass is 289 g/mol. The summed E-state index contributed by atoms with van der Waals surface area (Å²) >= 11 is 11.6. The van der Waals surface area contributed by atoms with Crippen molar-refractivity contribution in [3.63, 3.8) is 0 Å². The third-order valence-corrected chi connectivity index (χ3v) is 2.98. The summed E-state index contributed by atoms with van der Waals surface area (Å²) in [6.07, 6.45) is 0.0357. The van der Waals surface area contributed by atoms with Crippen LogP contribution < -0.4 is 5.32 Å². The Bertz CT molecular complexity index is 463. The minimum Gasteiger partial charge on any atom is -0.481 e.